The van der Waals surface area contributed by atoms with E-state index in [1.807, 2.05) is 0 Å². The van der Waals surface area contributed by atoms with Crippen LogP contribution in [0, 0.1) is 5.82 Å². The Morgan fingerprint density at radius 2 is 2.00 bits per heavy atom. The molecule has 128 valence electrons. The van der Waals surface area contributed by atoms with Gasteiger partial charge in [-0.2, -0.15) is 0 Å². The van der Waals surface area contributed by atoms with Crippen LogP contribution in [0.3, 0.4) is 0 Å². The van der Waals surface area contributed by atoms with Crippen LogP contribution >= 0.6 is 23.2 Å². The summed E-state index contributed by atoms with van der Waals surface area (Å²) in [6.07, 6.45) is 3.31. The Balaban J connectivity index is 2.00. The largest absolute Gasteiger partial charge is 0.338 e. The minimum atomic E-state index is -0.763. The number of rotatable bonds is 4. The third-order valence-corrected chi connectivity index (χ3v) is 4.33. The van der Waals surface area contributed by atoms with Crippen LogP contribution in [0.2, 0.25) is 10.0 Å². The summed E-state index contributed by atoms with van der Waals surface area (Å²) in [6.45, 7) is 0. The van der Waals surface area contributed by atoms with Gasteiger partial charge in [-0.05, 0) is 24.3 Å². The quantitative estimate of drug-likeness (QED) is 0.732. The van der Waals surface area contributed by atoms with E-state index < -0.39 is 17.8 Å². The first kappa shape index (κ1) is 17.5. The second-order valence-electron chi connectivity index (χ2n) is 5.45. The number of nitrogens with one attached hydrogen (secondary N) is 1. The zero-order valence-electron chi connectivity index (χ0n) is 13.2. The fraction of sp³-hybridized carbons (Fsp3) is 0.111. The minimum Gasteiger partial charge on any atom is -0.338 e. The van der Waals surface area contributed by atoms with Crippen LogP contribution in [0.25, 0.3) is 0 Å². The number of imidazole rings is 1. The van der Waals surface area contributed by atoms with Crippen molar-refractivity contribution in [1.82, 2.24) is 14.9 Å². The molecule has 3 rings (SSSR count). The first-order valence-corrected chi connectivity index (χ1v) is 8.20. The monoisotopic (exact) mass is 377 g/mol. The predicted molar refractivity (Wildman–Crippen MR) is 95.4 cm³/mol. The van der Waals surface area contributed by atoms with Gasteiger partial charge in [0.05, 0.1) is 10.6 Å². The van der Waals surface area contributed by atoms with E-state index in [4.69, 9.17) is 23.2 Å². The molecule has 0 aliphatic heterocycles. The molecule has 1 unspecified atom stereocenters. The van der Waals surface area contributed by atoms with Gasteiger partial charge in [-0.25, -0.2) is 9.37 Å². The number of aryl methyl sites for hydroxylation is 1. The molecule has 1 atom stereocenters. The van der Waals surface area contributed by atoms with Crippen LogP contribution < -0.4 is 5.32 Å². The summed E-state index contributed by atoms with van der Waals surface area (Å²) >= 11 is 12.0. The number of halogens is 3. The molecular weight excluding hydrogens is 364 g/mol. The molecule has 0 aliphatic carbocycles. The third-order valence-electron chi connectivity index (χ3n) is 3.78. The van der Waals surface area contributed by atoms with Crippen LogP contribution in [0.15, 0.2) is 54.9 Å². The lowest BCUT2D eigenvalue weighted by Gasteiger charge is -2.20. The number of hydrogen-bond acceptors (Lipinski definition) is 2. The highest BCUT2D eigenvalue weighted by molar-refractivity contribution is 6.36. The average molecular weight is 378 g/mol. The molecule has 2 aromatic carbocycles. The van der Waals surface area contributed by atoms with Crippen LogP contribution in [0.1, 0.15) is 27.8 Å². The lowest BCUT2D eigenvalue weighted by molar-refractivity contribution is 0.0941. The standard InChI is InChI=1S/C18H14Cl2FN3O/c1-24-9-8-22-17(24)16(13-4-2-3-5-15(13)21)23-18(25)12-7-6-11(19)10-14(12)20/h2-10,16H,1H3,(H,23,25). The number of carbonyl (C=O) groups is 1. The fourth-order valence-corrected chi connectivity index (χ4v) is 3.02. The molecule has 1 N–H and O–H groups in total. The number of hydrogen-bond donors (Lipinski definition) is 1. The summed E-state index contributed by atoms with van der Waals surface area (Å²) in [7, 11) is 1.78. The number of benzene rings is 2. The summed E-state index contributed by atoms with van der Waals surface area (Å²) < 4.78 is 16.0. The second kappa shape index (κ2) is 7.25. The Bertz CT molecular complexity index is 926. The molecule has 7 heteroatoms. The highest BCUT2D eigenvalue weighted by Gasteiger charge is 2.24. The molecule has 25 heavy (non-hydrogen) atoms. The summed E-state index contributed by atoms with van der Waals surface area (Å²) in [5.74, 6) is -0.376. The van der Waals surface area contributed by atoms with E-state index in [0.29, 0.717) is 16.4 Å². The Hall–Kier alpha value is -2.37. The summed E-state index contributed by atoms with van der Waals surface area (Å²) in [5.41, 5.74) is 0.567. The van der Waals surface area contributed by atoms with Crippen molar-refractivity contribution in [3.05, 3.63) is 87.7 Å². The highest BCUT2D eigenvalue weighted by atomic mass is 35.5. The topological polar surface area (TPSA) is 46.9 Å². The van der Waals surface area contributed by atoms with Crippen molar-refractivity contribution < 1.29 is 9.18 Å². The van der Waals surface area contributed by atoms with Crippen LogP contribution in [-0.2, 0) is 7.05 Å². The van der Waals surface area contributed by atoms with Gasteiger partial charge in [-0.15, -0.1) is 0 Å². The molecule has 1 amide bonds. The van der Waals surface area contributed by atoms with Crippen molar-refractivity contribution in [2.75, 3.05) is 0 Å². The fourth-order valence-electron chi connectivity index (χ4n) is 2.53. The predicted octanol–water partition coefficient (Wildman–Crippen LogP) is 4.39. The lowest BCUT2D eigenvalue weighted by atomic mass is 10.0. The van der Waals surface area contributed by atoms with E-state index in [2.05, 4.69) is 10.3 Å². The Labute approximate surface area is 154 Å². The van der Waals surface area contributed by atoms with Gasteiger partial charge in [0.15, 0.2) is 0 Å². The van der Waals surface area contributed by atoms with Crippen LogP contribution in [0.5, 0.6) is 0 Å². The van der Waals surface area contributed by atoms with E-state index >= 15 is 0 Å². The Morgan fingerprint density at radius 1 is 1.24 bits per heavy atom. The molecule has 1 aromatic heterocycles. The smallest absolute Gasteiger partial charge is 0.253 e. The van der Waals surface area contributed by atoms with Crippen LogP contribution in [0.4, 0.5) is 4.39 Å². The number of amides is 1. The normalized spacial score (nSPS) is 12.0. The van der Waals surface area contributed by atoms with Gasteiger partial charge in [0.2, 0.25) is 0 Å². The molecule has 0 radical (unpaired) electrons. The van der Waals surface area contributed by atoms with E-state index in [-0.39, 0.29) is 10.6 Å². The zero-order valence-corrected chi connectivity index (χ0v) is 14.7. The van der Waals surface area contributed by atoms with Gasteiger partial charge in [-0.3, -0.25) is 4.79 Å². The van der Waals surface area contributed by atoms with Crippen LogP contribution in [-0.4, -0.2) is 15.5 Å². The summed E-state index contributed by atoms with van der Waals surface area (Å²) in [4.78, 5) is 16.9. The van der Waals surface area contributed by atoms with Gasteiger partial charge >= 0.3 is 0 Å². The second-order valence-corrected chi connectivity index (χ2v) is 6.29. The SMILES string of the molecule is Cn1ccnc1C(NC(=O)c1ccc(Cl)cc1Cl)c1ccccc1F. The highest BCUT2D eigenvalue weighted by Crippen LogP contribution is 2.26. The van der Waals surface area contributed by atoms with Crippen molar-refractivity contribution in [2.45, 2.75) is 6.04 Å². The van der Waals surface area contributed by atoms with Gasteiger partial charge in [-0.1, -0.05) is 41.4 Å². The summed E-state index contributed by atoms with van der Waals surface area (Å²) in [6, 6.07) is 10.1. The van der Waals surface area contributed by atoms with Crippen molar-refractivity contribution in [3.8, 4) is 0 Å². The van der Waals surface area contributed by atoms with Crippen molar-refractivity contribution in [3.63, 3.8) is 0 Å². The number of carbonyl (C=O) groups excluding carboxylic acids is 1. The Morgan fingerprint density at radius 3 is 2.64 bits per heavy atom. The number of nitrogens with zero attached hydrogens (tertiary/aromatic N) is 2. The molecule has 0 saturated carbocycles. The maximum absolute atomic E-state index is 14.3. The maximum Gasteiger partial charge on any atom is 0.253 e. The molecule has 0 spiro atoms. The molecule has 0 saturated heterocycles. The third kappa shape index (κ3) is 3.67. The van der Waals surface area contributed by atoms with Crippen molar-refractivity contribution in [1.29, 1.82) is 0 Å². The first-order chi connectivity index (χ1) is 12.0. The maximum atomic E-state index is 14.3. The molecule has 4 nitrogen and oxygen atoms in total. The summed E-state index contributed by atoms with van der Waals surface area (Å²) in [5, 5.41) is 3.45. The van der Waals surface area contributed by atoms with E-state index in [1.165, 1.54) is 18.2 Å². The van der Waals surface area contributed by atoms with E-state index in [9.17, 15) is 9.18 Å². The lowest BCUT2D eigenvalue weighted by Crippen LogP contribution is -2.31. The molecule has 1 heterocycles. The number of aromatic nitrogens is 2. The van der Waals surface area contributed by atoms with Crippen molar-refractivity contribution >= 4 is 29.1 Å². The van der Waals surface area contributed by atoms with E-state index in [1.54, 1.807) is 48.3 Å². The van der Waals surface area contributed by atoms with E-state index in [0.717, 1.165) is 0 Å². The molecule has 0 fully saturated rings. The van der Waals surface area contributed by atoms with Gasteiger partial charge in [0, 0.05) is 30.0 Å². The van der Waals surface area contributed by atoms with Gasteiger partial charge in [0.1, 0.15) is 17.7 Å². The molecule has 0 aliphatic rings. The zero-order chi connectivity index (χ0) is 18.0. The Kier molecular flexibility index (Phi) is 5.06. The molecule has 0 bridgehead atoms. The molecule has 3 aromatic rings. The molecular formula is C18H14Cl2FN3O. The van der Waals surface area contributed by atoms with Gasteiger partial charge in [0.25, 0.3) is 5.91 Å². The minimum absolute atomic E-state index is 0.220. The van der Waals surface area contributed by atoms with Gasteiger partial charge < -0.3 is 9.88 Å². The van der Waals surface area contributed by atoms with Crippen molar-refractivity contribution in [2.24, 2.45) is 7.05 Å². The average Bonchev–Trinajstić information content (AvgIpc) is 2.99. The first-order valence-electron chi connectivity index (χ1n) is 7.45.